The average molecular weight is 583 g/mol. The number of nitrogens with two attached hydrogens (primary N) is 1. The van der Waals surface area contributed by atoms with E-state index in [-0.39, 0.29) is 46.2 Å². The van der Waals surface area contributed by atoms with Gasteiger partial charge in [0.25, 0.3) is 0 Å². The minimum absolute atomic E-state index is 0.00304. The summed E-state index contributed by atoms with van der Waals surface area (Å²) in [5.41, 5.74) is 3.76. The molecule has 6 nitrogen and oxygen atoms in total. The Labute approximate surface area is 238 Å². The number of halogens is 4. The predicted octanol–water partition coefficient (Wildman–Crippen LogP) is 5.01. The lowest BCUT2D eigenvalue weighted by molar-refractivity contribution is -0.121. The zero-order valence-corrected chi connectivity index (χ0v) is 23.6. The van der Waals surface area contributed by atoms with Gasteiger partial charge in [0.2, 0.25) is 0 Å². The second kappa shape index (κ2) is 13.0. The number of hydrogen-bond donors (Lipinski definition) is 4. The van der Waals surface area contributed by atoms with Gasteiger partial charge in [0.15, 0.2) is 0 Å². The van der Waals surface area contributed by atoms with E-state index in [4.69, 9.17) is 34.0 Å². The summed E-state index contributed by atoms with van der Waals surface area (Å²) >= 11 is 12.2. The van der Waals surface area contributed by atoms with Crippen molar-refractivity contribution >= 4 is 29.0 Å². The number of aliphatic hydroxyl groups excluding tert-OH is 2. The first-order chi connectivity index (χ1) is 18.4. The standard InChI is InChI=1S/C29H35Cl2F2N3O3/c1-28(2,11-12-34)14-24-29(16-35,20-10-9-17(30)13-22(20)32)25(19-6-4-7-21(31)26(19)33)27(36-24)23(39)8-3-5-18(38)15-37/h4,6-7,9-10,13,18,24-25,27,36-38H,3,5,8,11-12,14-15,34H2,1-2H3/t18-,24-,25-,27-,29-/m0/s1. The van der Waals surface area contributed by atoms with Crippen molar-refractivity contribution in [3.63, 3.8) is 0 Å². The molecule has 0 saturated carbocycles. The van der Waals surface area contributed by atoms with E-state index < -0.39 is 53.2 Å². The van der Waals surface area contributed by atoms with Crippen molar-refractivity contribution in [1.82, 2.24) is 5.32 Å². The number of nitrogens with zero attached hydrogens (tertiary/aromatic N) is 1. The first-order valence-electron chi connectivity index (χ1n) is 13.0. The highest BCUT2D eigenvalue weighted by atomic mass is 35.5. The van der Waals surface area contributed by atoms with Gasteiger partial charge in [0.05, 0.1) is 29.8 Å². The Hall–Kier alpha value is -2.12. The van der Waals surface area contributed by atoms with E-state index in [1.54, 1.807) is 0 Å². The molecule has 5 N–H and O–H groups in total. The molecule has 1 saturated heterocycles. The molecule has 0 unspecified atom stereocenters. The maximum Gasteiger partial charge on any atom is 0.150 e. The molecule has 10 heteroatoms. The monoisotopic (exact) mass is 581 g/mol. The number of Topliss-reactive ketones (excluding diaryl/α,β-unsaturated/α-hetero) is 1. The Morgan fingerprint density at radius 3 is 2.62 bits per heavy atom. The van der Waals surface area contributed by atoms with Gasteiger partial charge in [-0.15, -0.1) is 0 Å². The minimum atomic E-state index is -1.71. The molecule has 0 bridgehead atoms. The number of benzene rings is 2. The summed E-state index contributed by atoms with van der Waals surface area (Å²) < 4.78 is 31.3. The third-order valence-corrected chi connectivity index (χ3v) is 8.26. The highest BCUT2D eigenvalue weighted by Crippen LogP contribution is 2.53. The number of rotatable bonds is 12. The Bertz CT molecular complexity index is 1220. The predicted molar refractivity (Wildman–Crippen MR) is 148 cm³/mol. The maximum absolute atomic E-state index is 15.7. The molecule has 1 fully saturated rings. The molecule has 0 spiro atoms. The Morgan fingerprint density at radius 1 is 1.28 bits per heavy atom. The van der Waals surface area contributed by atoms with Crippen LogP contribution in [0.15, 0.2) is 36.4 Å². The lowest BCUT2D eigenvalue weighted by Gasteiger charge is -2.38. The van der Waals surface area contributed by atoms with Crippen LogP contribution in [0.3, 0.4) is 0 Å². The molecule has 2 aromatic carbocycles. The van der Waals surface area contributed by atoms with E-state index in [0.717, 1.165) is 6.07 Å². The van der Waals surface area contributed by atoms with Crippen LogP contribution in [0.1, 0.15) is 63.0 Å². The van der Waals surface area contributed by atoms with Gasteiger partial charge >= 0.3 is 0 Å². The third-order valence-electron chi connectivity index (χ3n) is 7.73. The number of aliphatic hydroxyl groups is 2. The molecule has 1 heterocycles. The normalized spacial score (nSPS) is 23.9. The fourth-order valence-corrected chi connectivity index (χ4v) is 6.14. The fraction of sp³-hybridized carbons (Fsp3) is 0.517. The largest absolute Gasteiger partial charge is 0.394 e. The number of nitriles is 1. The smallest absolute Gasteiger partial charge is 0.150 e. The summed E-state index contributed by atoms with van der Waals surface area (Å²) in [4.78, 5) is 13.7. The van der Waals surface area contributed by atoms with Crippen LogP contribution in [0, 0.1) is 28.4 Å². The summed E-state index contributed by atoms with van der Waals surface area (Å²) in [6.45, 7) is 3.90. The van der Waals surface area contributed by atoms with Crippen LogP contribution in [0.5, 0.6) is 0 Å². The zero-order chi connectivity index (χ0) is 29.0. The average Bonchev–Trinajstić information content (AvgIpc) is 3.19. The minimum Gasteiger partial charge on any atom is -0.394 e. The lowest BCUT2D eigenvalue weighted by atomic mass is 9.62. The molecule has 1 aliphatic heterocycles. The van der Waals surface area contributed by atoms with Crippen LogP contribution in [0.4, 0.5) is 8.78 Å². The van der Waals surface area contributed by atoms with E-state index in [1.165, 1.54) is 30.3 Å². The van der Waals surface area contributed by atoms with Crippen molar-refractivity contribution in [1.29, 1.82) is 5.26 Å². The van der Waals surface area contributed by atoms with Gasteiger partial charge in [0.1, 0.15) is 22.8 Å². The van der Waals surface area contributed by atoms with Crippen molar-refractivity contribution in [3.8, 4) is 6.07 Å². The number of carbonyl (C=O) groups is 1. The zero-order valence-electron chi connectivity index (χ0n) is 22.1. The van der Waals surface area contributed by atoms with Crippen molar-refractivity contribution in [2.24, 2.45) is 11.1 Å². The summed E-state index contributed by atoms with van der Waals surface area (Å²) in [6.07, 6.45) is 0.419. The highest BCUT2D eigenvalue weighted by molar-refractivity contribution is 6.31. The van der Waals surface area contributed by atoms with E-state index in [1.807, 2.05) is 13.8 Å². The molecule has 39 heavy (non-hydrogen) atoms. The molecule has 3 rings (SSSR count). The van der Waals surface area contributed by atoms with Gasteiger partial charge in [-0.05, 0) is 61.4 Å². The van der Waals surface area contributed by atoms with E-state index >= 15 is 8.78 Å². The van der Waals surface area contributed by atoms with E-state index in [2.05, 4.69) is 11.4 Å². The molecule has 0 aromatic heterocycles. The molecule has 2 aromatic rings. The molecule has 212 valence electrons. The number of nitrogens with one attached hydrogen (secondary N) is 1. The van der Waals surface area contributed by atoms with Gasteiger partial charge in [-0.1, -0.05) is 55.2 Å². The Balaban J connectivity index is 2.25. The molecule has 0 radical (unpaired) electrons. The second-order valence-corrected chi connectivity index (χ2v) is 11.9. The summed E-state index contributed by atoms with van der Waals surface area (Å²) in [5, 5.41) is 33.0. The fourth-order valence-electron chi connectivity index (χ4n) is 5.80. The summed E-state index contributed by atoms with van der Waals surface area (Å²) in [6, 6.07) is 8.87. The Morgan fingerprint density at radius 2 is 2.00 bits per heavy atom. The van der Waals surface area contributed by atoms with Gasteiger partial charge in [0, 0.05) is 29.0 Å². The topological polar surface area (TPSA) is 119 Å². The SMILES string of the molecule is CC(C)(CCN)C[C@@H]1N[C@@H](C(=O)CCC[C@H](O)CO)[C@H](c2cccc(Cl)c2F)[C@@]1(C#N)c1ccc(Cl)cc1F. The lowest BCUT2D eigenvalue weighted by Crippen LogP contribution is -2.45. The van der Waals surface area contributed by atoms with Crippen LogP contribution in [0.25, 0.3) is 0 Å². The van der Waals surface area contributed by atoms with Gasteiger partial charge in [-0.3, -0.25) is 4.79 Å². The maximum atomic E-state index is 15.7. The number of hydrogen-bond acceptors (Lipinski definition) is 6. The summed E-state index contributed by atoms with van der Waals surface area (Å²) in [7, 11) is 0. The van der Waals surface area contributed by atoms with Gasteiger partial charge in [-0.2, -0.15) is 5.26 Å². The van der Waals surface area contributed by atoms with Crippen LogP contribution >= 0.6 is 23.2 Å². The van der Waals surface area contributed by atoms with Gasteiger partial charge in [-0.25, -0.2) is 8.78 Å². The van der Waals surface area contributed by atoms with Crippen molar-refractivity contribution in [3.05, 3.63) is 69.2 Å². The van der Waals surface area contributed by atoms with Crippen LogP contribution < -0.4 is 11.1 Å². The van der Waals surface area contributed by atoms with E-state index in [0.29, 0.717) is 19.4 Å². The van der Waals surface area contributed by atoms with Crippen LogP contribution in [-0.4, -0.2) is 47.3 Å². The third kappa shape index (κ3) is 6.62. The van der Waals surface area contributed by atoms with E-state index in [9.17, 15) is 15.2 Å². The molecule has 0 aliphatic carbocycles. The highest BCUT2D eigenvalue weighted by Gasteiger charge is 2.61. The van der Waals surface area contributed by atoms with Gasteiger partial charge < -0.3 is 21.3 Å². The van der Waals surface area contributed by atoms with Crippen LogP contribution in [-0.2, 0) is 10.2 Å². The van der Waals surface area contributed by atoms with Crippen molar-refractivity contribution in [2.45, 2.75) is 75.5 Å². The van der Waals surface area contributed by atoms with Crippen molar-refractivity contribution < 1.29 is 23.8 Å². The van der Waals surface area contributed by atoms with Crippen molar-refractivity contribution in [2.75, 3.05) is 13.2 Å². The first-order valence-corrected chi connectivity index (χ1v) is 13.8. The molecule has 0 amide bonds. The Kier molecular flexibility index (Phi) is 10.5. The summed E-state index contributed by atoms with van der Waals surface area (Å²) in [5.74, 6) is -2.97. The first kappa shape index (κ1) is 31.4. The number of carbonyl (C=O) groups excluding carboxylic acids is 1. The molecule has 5 atom stereocenters. The second-order valence-electron chi connectivity index (χ2n) is 11.0. The quantitative estimate of drug-likeness (QED) is 0.279. The number of ketones is 1. The molecule has 1 aliphatic rings. The molecular formula is C29H35Cl2F2N3O3. The van der Waals surface area contributed by atoms with Crippen LogP contribution in [0.2, 0.25) is 10.0 Å². The molecular weight excluding hydrogens is 547 g/mol.